The Morgan fingerprint density at radius 1 is 1.16 bits per heavy atom. The third-order valence-electron chi connectivity index (χ3n) is 5.49. The van der Waals surface area contributed by atoms with E-state index in [2.05, 4.69) is 27.3 Å². The molecule has 0 spiro atoms. The molecule has 0 fully saturated rings. The summed E-state index contributed by atoms with van der Waals surface area (Å²) in [6.07, 6.45) is 3.98. The van der Waals surface area contributed by atoms with Crippen LogP contribution in [0.15, 0.2) is 69.9 Å². The average Bonchev–Trinajstić information content (AvgIpc) is 2.79. The fourth-order valence-electron chi connectivity index (χ4n) is 3.95. The predicted molar refractivity (Wildman–Crippen MR) is 125 cm³/mol. The summed E-state index contributed by atoms with van der Waals surface area (Å²) in [5, 5.41) is 4.44. The Balaban J connectivity index is 1.49. The van der Waals surface area contributed by atoms with Crippen molar-refractivity contribution in [1.82, 2.24) is 5.32 Å². The molecule has 0 aliphatic heterocycles. The number of allylic oxidation sites excluding steroid dienone is 1. The van der Waals surface area contributed by atoms with E-state index in [0.717, 1.165) is 34.9 Å². The van der Waals surface area contributed by atoms with E-state index in [0.29, 0.717) is 17.6 Å². The first-order valence-electron chi connectivity index (χ1n) is 10.4. The lowest BCUT2D eigenvalue weighted by atomic mass is 9.87. The second kappa shape index (κ2) is 9.52. The van der Waals surface area contributed by atoms with Gasteiger partial charge in [0.15, 0.2) is 0 Å². The molecule has 0 bridgehead atoms. The van der Waals surface area contributed by atoms with Crippen molar-refractivity contribution in [3.8, 4) is 0 Å². The van der Waals surface area contributed by atoms with Crippen molar-refractivity contribution in [2.75, 3.05) is 0 Å². The highest BCUT2D eigenvalue weighted by Crippen LogP contribution is 2.37. The third-order valence-corrected chi connectivity index (χ3v) is 5.91. The fraction of sp³-hybridized carbons (Fsp3) is 0.280. The van der Waals surface area contributed by atoms with Crippen molar-refractivity contribution < 1.29 is 13.9 Å². The number of hydrogen-bond acceptors (Lipinski definition) is 4. The summed E-state index contributed by atoms with van der Waals surface area (Å²) in [6.45, 7) is 2.20. The molecule has 0 saturated carbocycles. The summed E-state index contributed by atoms with van der Waals surface area (Å²) >= 11 is 3.57. The van der Waals surface area contributed by atoms with Crippen molar-refractivity contribution in [3.63, 3.8) is 0 Å². The summed E-state index contributed by atoms with van der Waals surface area (Å²) in [4.78, 5) is 24.5. The number of alkyl carbamates (subject to hydrolysis) is 1. The number of fused-ring (bicyclic) bond motifs is 1. The number of carbonyl (C=O) groups is 1. The first kappa shape index (κ1) is 21.4. The van der Waals surface area contributed by atoms with E-state index in [4.69, 9.17) is 9.15 Å². The summed E-state index contributed by atoms with van der Waals surface area (Å²) in [5.74, 6) is 0.642. The topological polar surface area (TPSA) is 68.5 Å². The molecule has 0 saturated heterocycles. The van der Waals surface area contributed by atoms with E-state index in [1.807, 2.05) is 55.5 Å². The third kappa shape index (κ3) is 4.90. The Morgan fingerprint density at radius 3 is 2.55 bits per heavy atom. The number of amides is 1. The first-order valence-corrected chi connectivity index (χ1v) is 11.3. The van der Waals surface area contributed by atoms with Crippen LogP contribution in [0.1, 0.15) is 47.9 Å². The van der Waals surface area contributed by atoms with E-state index < -0.39 is 6.09 Å². The number of ether oxygens (including phenoxy) is 1. The predicted octanol–water partition coefficient (Wildman–Crippen LogP) is 6.11. The summed E-state index contributed by atoms with van der Waals surface area (Å²) < 4.78 is 11.0. The molecule has 1 aromatic heterocycles. The van der Waals surface area contributed by atoms with Gasteiger partial charge in [0.1, 0.15) is 12.4 Å². The maximum atomic E-state index is 12.4. The van der Waals surface area contributed by atoms with Gasteiger partial charge in [-0.1, -0.05) is 70.5 Å². The van der Waals surface area contributed by atoms with Gasteiger partial charge in [0.2, 0.25) is 0 Å². The van der Waals surface area contributed by atoms with Crippen LogP contribution in [-0.4, -0.2) is 12.1 Å². The van der Waals surface area contributed by atoms with Crippen molar-refractivity contribution in [3.05, 3.63) is 88.0 Å². The molecule has 31 heavy (non-hydrogen) atoms. The molecule has 2 aromatic carbocycles. The van der Waals surface area contributed by atoms with Crippen LogP contribution in [-0.2, 0) is 11.3 Å². The van der Waals surface area contributed by atoms with Crippen molar-refractivity contribution in [2.24, 2.45) is 0 Å². The zero-order valence-electron chi connectivity index (χ0n) is 17.3. The summed E-state index contributed by atoms with van der Waals surface area (Å²) in [6, 6.07) is 17.2. The molecule has 1 amide bonds. The minimum atomic E-state index is -0.406. The Hall–Kier alpha value is -2.86. The molecule has 2 unspecified atom stereocenters. The quantitative estimate of drug-likeness (QED) is 0.446. The summed E-state index contributed by atoms with van der Waals surface area (Å²) in [7, 11) is 0. The standard InChI is InChI=1S/C25H24BrNO4/c1-16(26)23-22(20-9-5-6-10-21(20)24(28)31-23)18-11-13-19(14-12-18)27-25(29)30-15-17-7-3-2-4-8-17/h2-11,16,19H,12-15H2,1H3,(H,27,29). The Bertz CT molecular complexity index is 1170. The Labute approximate surface area is 189 Å². The lowest BCUT2D eigenvalue weighted by Gasteiger charge is -2.24. The lowest BCUT2D eigenvalue weighted by molar-refractivity contribution is 0.135. The second-order valence-corrected chi connectivity index (χ2v) is 9.07. The summed E-state index contributed by atoms with van der Waals surface area (Å²) in [5.41, 5.74) is 2.75. The van der Waals surface area contributed by atoms with Gasteiger partial charge in [-0.2, -0.15) is 0 Å². The number of nitrogens with one attached hydrogen (secondary N) is 1. The number of alkyl halides is 1. The zero-order chi connectivity index (χ0) is 21.8. The number of benzene rings is 2. The lowest BCUT2D eigenvalue weighted by Crippen LogP contribution is -2.36. The molecule has 5 nitrogen and oxygen atoms in total. The van der Waals surface area contributed by atoms with Crippen LogP contribution in [0.2, 0.25) is 0 Å². The SMILES string of the molecule is CC(Br)c1oc(=O)c2ccccc2c1C1=CCC(NC(=O)OCc2ccccc2)CC1. The van der Waals surface area contributed by atoms with Gasteiger partial charge < -0.3 is 14.5 Å². The largest absolute Gasteiger partial charge is 0.445 e. The molecule has 2 atom stereocenters. The van der Waals surface area contributed by atoms with Gasteiger partial charge in [0.25, 0.3) is 0 Å². The van der Waals surface area contributed by atoms with Gasteiger partial charge in [-0.3, -0.25) is 0 Å². The highest BCUT2D eigenvalue weighted by molar-refractivity contribution is 9.09. The minimum Gasteiger partial charge on any atom is -0.445 e. The van der Waals surface area contributed by atoms with E-state index in [1.165, 1.54) is 0 Å². The molecule has 0 radical (unpaired) electrons. The highest BCUT2D eigenvalue weighted by Gasteiger charge is 2.24. The smallest absolute Gasteiger partial charge is 0.407 e. The number of carbonyl (C=O) groups excluding carboxylic acids is 1. The van der Waals surface area contributed by atoms with E-state index in [-0.39, 0.29) is 23.1 Å². The number of halogens is 1. The first-order chi connectivity index (χ1) is 15.0. The molecule has 4 rings (SSSR count). The van der Waals surface area contributed by atoms with Gasteiger partial charge in [-0.05, 0) is 48.8 Å². The zero-order valence-corrected chi connectivity index (χ0v) is 18.9. The molecule has 3 aromatic rings. The molecule has 1 N–H and O–H groups in total. The van der Waals surface area contributed by atoms with E-state index in [1.54, 1.807) is 6.07 Å². The van der Waals surface area contributed by atoms with E-state index in [9.17, 15) is 9.59 Å². The molecular formula is C25H24BrNO4. The van der Waals surface area contributed by atoms with Crippen LogP contribution in [0.4, 0.5) is 4.79 Å². The van der Waals surface area contributed by atoms with Gasteiger partial charge in [-0.25, -0.2) is 9.59 Å². The van der Waals surface area contributed by atoms with Crippen LogP contribution in [0.5, 0.6) is 0 Å². The normalized spacial score (nSPS) is 17.1. The highest BCUT2D eigenvalue weighted by atomic mass is 79.9. The maximum Gasteiger partial charge on any atom is 0.407 e. The number of rotatable bonds is 5. The average molecular weight is 482 g/mol. The Morgan fingerprint density at radius 2 is 1.87 bits per heavy atom. The van der Waals surface area contributed by atoms with Crippen LogP contribution in [0.3, 0.4) is 0 Å². The van der Waals surface area contributed by atoms with Crippen LogP contribution < -0.4 is 10.9 Å². The minimum absolute atomic E-state index is 0.0128. The molecule has 1 aliphatic carbocycles. The van der Waals surface area contributed by atoms with E-state index >= 15 is 0 Å². The molecule has 6 heteroatoms. The van der Waals surface area contributed by atoms with Crippen LogP contribution in [0.25, 0.3) is 16.3 Å². The van der Waals surface area contributed by atoms with Crippen molar-refractivity contribution in [2.45, 2.75) is 43.7 Å². The second-order valence-electron chi connectivity index (χ2n) is 7.70. The van der Waals surface area contributed by atoms with Crippen LogP contribution in [0, 0.1) is 0 Å². The monoisotopic (exact) mass is 481 g/mol. The van der Waals surface area contributed by atoms with Crippen molar-refractivity contribution in [1.29, 1.82) is 0 Å². The number of hydrogen-bond donors (Lipinski definition) is 1. The van der Waals surface area contributed by atoms with Crippen LogP contribution >= 0.6 is 15.9 Å². The maximum absolute atomic E-state index is 12.4. The van der Waals surface area contributed by atoms with Gasteiger partial charge in [0.05, 0.1) is 10.2 Å². The van der Waals surface area contributed by atoms with Gasteiger partial charge >= 0.3 is 11.7 Å². The van der Waals surface area contributed by atoms with Gasteiger partial charge in [0, 0.05) is 11.6 Å². The molecule has 160 valence electrons. The Kier molecular flexibility index (Phi) is 6.56. The molecule has 1 heterocycles. The van der Waals surface area contributed by atoms with Gasteiger partial charge in [-0.15, -0.1) is 0 Å². The fourth-order valence-corrected chi connectivity index (χ4v) is 4.28. The molecular weight excluding hydrogens is 458 g/mol. The van der Waals surface area contributed by atoms with Crippen molar-refractivity contribution >= 4 is 38.4 Å². The molecule has 1 aliphatic rings.